The molecule has 0 atom stereocenters. The van der Waals surface area contributed by atoms with Gasteiger partial charge in [-0.1, -0.05) is 12.1 Å². The van der Waals surface area contributed by atoms with E-state index < -0.39 is 0 Å². The van der Waals surface area contributed by atoms with Crippen LogP contribution in [-0.2, 0) is 0 Å². The number of hydrogen-bond donors (Lipinski definition) is 0. The Labute approximate surface area is 93.2 Å². The molecule has 0 fully saturated rings. The fourth-order valence-corrected chi connectivity index (χ4v) is 1.42. The summed E-state index contributed by atoms with van der Waals surface area (Å²) in [6.45, 7) is 0. The normalized spacial score (nSPS) is 9.50. The van der Waals surface area contributed by atoms with Crippen molar-refractivity contribution in [1.29, 1.82) is 5.26 Å². The van der Waals surface area contributed by atoms with Crippen LogP contribution in [0.1, 0.15) is 5.82 Å². The van der Waals surface area contributed by atoms with Crippen molar-refractivity contribution in [1.82, 2.24) is 9.97 Å². The van der Waals surface area contributed by atoms with Gasteiger partial charge < -0.3 is 4.74 Å². The van der Waals surface area contributed by atoms with Crippen molar-refractivity contribution in [3.63, 3.8) is 0 Å². The second-order valence-electron chi connectivity index (χ2n) is 3.08. The zero-order valence-electron chi connectivity index (χ0n) is 8.71. The van der Waals surface area contributed by atoms with E-state index in [9.17, 15) is 0 Å². The molecule has 0 aliphatic carbocycles. The van der Waals surface area contributed by atoms with Crippen LogP contribution in [0.25, 0.3) is 11.3 Å². The number of benzene rings is 1. The molecule has 2 rings (SSSR count). The summed E-state index contributed by atoms with van der Waals surface area (Å²) in [5.74, 6) is 0.883. The van der Waals surface area contributed by atoms with Crippen LogP contribution < -0.4 is 4.74 Å². The minimum absolute atomic E-state index is 0.156. The maximum atomic E-state index is 8.73. The highest BCUT2D eigenvalue weighted by Crippen LogP contribution is 2.27. The molecule has 0 saturated heterocycles. The predicted octanol–water partition coefficient (Wildman–Crippen LogP) is 2.02. The van der Waals surface area contributed by atoms with E-state index in [2.05, 4.69) is 9.97 Å². The van der Waals surface area contributed by atoms with Gasteiger partial charge in [-0.25, -0.2) is 9.97 Å². The van der Waals surface area contributed by atoms with Gasteiger partial charge in [0.2, 0.25) is 5.82 Å². The summed E-state index contributed by atoms with van der Waals surface area (Å²) in [4.78, 5) is 7.94. The zero-order valence-corrected chi connectivity index (χ0v) is 8.71. The summed E-state index contributed by atoms with van der Waals surface area (Å²) in [5.41, 5.74) is 1.54. The molecule has 0 spiro atoms. The Bertz CT molecular complexity index is 546. The van der Waals surface area contributed by atoms with E-state index in [0.717, 1.165) is 11.3 Å². The van der Waals surface area contributed by atoms with Crippen LogP contribution in [0.3, 0.4) is 0 Å². The highest BCUT2D eigenvalue weighted by Gasteiger charge is 2.06. The highest BCUT2D eigenvalue weighted by molar-refractivity contribution is 5.66. The lowest BCUT2D eigenvalue weighted by Crippen LogP contribution is -1.93. The Morgan fingerprint density at radius 3 is 2.81 bits per heavy atom. The lowest BCUT2D eigenvalue weighted by Gasteiger charge is -2.06. The highest BCUT2D eigenvalue weighted by atomic mass is 16.5. The molecule has 1 aromatic heterocycles. The minimum Gasteiger partial charge on any atom is -0.496 e. The molecule has 78 valence electrons. The third-order valence-corrected chi connectivity index (χ3v) is 2.14. The van der Waals surface area contributed by atoms with Gasteiger partial charge in [0.25, 0.3) is 0 Å². The molecule has 2 aromatic rings. The Hall–Kier alpha value is -2.41. The van der Waals surface area contributed by atoms with Crippen molar-refractivity contribution in [3.05, 3.63) is 42.4 Å². The fraction of sp³-hybridized carbons (Fsp3) is 0.0833. The average molecular weight is 211 g/mol. The Balaban J connectivity index is 2.54. The standard InChI is InChI=1S/C12H9N3O/c1-16-11-5-3-2-4-9(11)10-6-7-14-12(8-13)15-10/h2-7H,1H3. The lowest BCUT2D eigenvalue weighted by atomic mass is 10.1. The average Bonchev–Trinajstić information content (AvgIpc) is 2.38. The molecule has 4 heteroatoms. The monoisotopic (exact) mass is 211 g/mol. The number of para-hydroxylation sites is 1. The van der Waals surface area contributed by atoms with Gasteiger partial charge in [-0.05, 0) is 18.2 Å². The molecule has 16 heavy (non-hydrogen) atoms. The molecule has 0 radical (unpaired) electrons. The Kier molecular flexibility index (Phi) is 2.79. The van der Waals surface area contributed by atoms with Crippen LogP contribution in [0, 0.1) is 11.3 Å². The van der Waals surface area contributed by atoms with Crippen LogP contribution in [0.5, 0.6) is 5.75 Å². The van der Waals surface area contributed by atoms with Gasteiger partial charge in [0, 0.05) is 11.8 Å². The van der Waals surface area contributed by atoms with E-state index in [1.807, 2.05) is 30.3 Å². The maximum Gasteiger partial charge on any atom is 0.232 e. The first-order chi connectivity index (χ1) is 7.85. The summed E-state index contributed by atoms with van der Waals surface area (Å²) in [5, 5.41) is 8.73. The molecule has 0 aliphatic heterocycles. The lowest BCUT2D eigenvalue weighted by molar-refractivity contribution is 0.416. The van der Waals surface area contributed by atoms with Crippen LogP contribution >= 0.6 is 0 Å². The van der Waals surface area contributed by atoms with Crippen molar-refractivity contribution >= 4 is 0 Å². The first-order valence-corrected chi connectivity index (χ1v) is 4.71. The van der Waals surface area contributed by atoms with E-state index in [1.165, 1.54) is 0 Å². The third kappa shape index (κ3) is 1.84. The number of nitriles is 1. The summed E-state index contributed by atoms with van der Waals surface area (Å²) >= 11 is 0. The van der Waals surface area contributed by atoms with Gasteiger partial charge in [0.05, 0.1) is 12.8 Å². The Morgan fingerprint density at radius 1 is 1.25 bits per heavy atom. The van der Waals surface area contributed by atoms with Gasteiger partial charge in [0.1, 0.15) is 11.8 Å². The van der Waals surface area contributed by atoms with Gasteiger partial charge in [-0.2, -0.15) is 5.26 Å². The second-order valence-corrected chi connectivity index (χ2v) is 3.08. The SMILES string of the molecule is COc1ccccc1-c1ccnc(C#N)n1. The van der Waals surface area contributed by atoms with E-state index in [1.54, 1.807) is 19.4 Å². The number of aromatic nitrogens is 2. The van der Waals surface area contributed by atoms with Gasteiger partial charge in [-0.3, -0.25) is 0 Å². The maximum absolute atomic E-state index is 8.73. The summed E-state index contributed by atoms with van der Waals surface area (Å²) in [7, 11) is 1.60. The zero-order chi connectivity index (χ0) is 11.4. The molecule has 0 unspecified atom stereocenters. The van der Waals surface area contributed by atoms with E-state index in [-0.39, 0.29) is 5.82 Å². The largest absolute Gasteiger partial charge is 0.496 e. The number of nitrogens with zero attached hydrogens (tertiary/aromatic N) is 3. The summed E-state index contributed by atoms with van der Waals surface area (Å²) in [6.07, 6.45) is 1.56. The predicted molar refractivity (Wildman–Crippen MR) is 58.7 cm³/mol. The molecule has 0 saturated carbocycles. The first kappa shape index (κ1) is 10.1. The molecular formula is C12H9N3O. The van der Waals surface area contributed by atoms with Crippen molar-refractivity contribution in [2.75, 3.05) is 7.11 Å². The molecule has 0 N–H and O–H groups in total. The fourth-order valence-electron chi connectivity index (χ4n) is 1.42. The van der Waals surface area contributed by atoms with Crippen molar-refractivity contribution in [2.24, 2.45) is 0 Å². The topological polar surface area (TPSA) is 58.8 Å². The number of methoxy groups -OCH3 is 1. The quantitative estimate of drug-likeness (QED) is 0.762. The molecule has 0 bridgehead atoms. The summed E-state index contributed by atoms with van der Waals surface area (Å²) < 4.78 is 5.23. The van der Waals surface area contributed by atoms with Crippen LogP contribution in [0.15, 0.2) is 36.5 Å². The van der Waals surface area contributed by atoms with E-state index in [0.29, 0.717) is 5.69 Å². The van der Waals surface area contributed by atoms with Crippen LogP contribution in [-0.4, -0.2) is 17.1 Å². The molecule has 1 heterocycles. The van der Waals surface area contributed by atoms with E-state index in [4.69, 9.17) is 10.00 Å². The number of ether oxygens (including phenoxy) is 1. The van der Waals surface area contributed by atoms with Crippen molar-refractivity contribution in [2.45, 2.75) is 0 Å². The molecule has 0 amide bonds. The first-order valence-electron chi connectivity index (χ1n) is 4.71. The van der Waals surface area contributed by atoms with Gasteiger partial charge in [-0.15, -0.1) is 0 Å². The molecular weight excluding hydrogens is 202 g/mol. The van der Waals surface area contributed by atoms with Crippen LogP contribution in [0.2, 0.25) is 0 Å². The molecule has 4 nitrogen and oxygen atoms in total. The third-order valence-electron chi connectivity index (χ3n) is 2.14. The summed E-state index contributed by atoms with van der Waals surface area (Å²) in [6, 6.07) is 11.2. The van der Waals surface area contributed by atoms with Crippen molar-refractivity contribution in [3.8, 4) is 23.1 Å². The van der Waals surface area contributed by atoms with Crippen LogP contribution in [0.4, 0.5) is 0 Å². The van der Waals surface area contributed by atoms with Gasteiger partial charge >= 0.3 is 0 Å². The van der Waals surface area contributed by atoms with Crippen molar-refractivity contribution < 1.29 is 4.74 Å². The number of rotatable bonds is 2. The Morgan fingerprint density at radius 2 is 2.06 bits per heavy atom. The van der Waals surface area contributed by atoms with E-state index >= 15 is 0 Å². The smallest absolute Gasteiger partial charge is 0.232 e. The molecule has 0 aliphatic rings. The minimum atomic E-state index is 0.156. The van der Waals surface area contributed by atoms with Gasteiger partial charge in [0.15, 0.2) is 0 Å². The number of hydrogen-bond acceptors (Lipinski definition) is 4. The molecule has 1 aromatic carbocycles. The second kappa shape index (κ2) is 4.41.